The van der Waals surface area contributed by atoms with Crippen molar-refractivity contribution >= 4 is 0 Å². The summed E-state index contributed by atoms with van der Waals surface area (Å²) in [7, 11) is 1.71. The number of ether oxygens (including phenoxy) is 2. The number of hydrogen-bond donors (Lipinski definition) is 0. The van der Waals surface area contributed by atoms with Crippen LogP contribution in [-0.2, 0) is 4.74 Å². The van der Waals surface area contributed by atoms with Gasteiger partial charge in [-0.15, -0.1) is 0 Å². The van der Waals surface area contributed by atoms with Crippen molar-refractivity contribution in [3.05, 3.63) is 41.7 Å². The Morgan fingerprint density at radius 1 is 1.14 bits per heavy atom. The zero-order valence-corrected chi connectivity index (χ0v) is 13.3. The van der Waals surface area contributed by atoms with Crippen molar-refractivity contribution in [2.45, 2.75) is 44.9 Å². The Hall–Kier alpha value is -1.42. The summed E-state index contributed by atoms with van der Waals surface area (Å²) >= 11 is 0. The highest BCUT2D eigenvalue weighted by molar-refractivity contribution is 5.33. The normalized spacial score (nSPS) is 22.2. The maximum Gasteiger partial charge on any atom is 0.201 e. The number of allylic oxidation sites excluding steroid dienone is 1. The topological polar surface area (TPSA) is 18.5 Å². The molecule has 1 aromatic carbocycles. The van der Waals surface area contributed by atoms with Crippen molar-refractivity contribution in [2.24, 2.45) is 5.92 Å². The Morgan fingerprint density at radius 2 is 1.86 bits per heavy atom. The van der Waals surface area contributed by atoms with E-state index in [1.807, 2.05) is 0 Å². The van der Waals surface area contributed by atoms with E-state index in [1.54, 1.807) is 26.2 Å². The fourth-order valence-electron chi connectivity index (χ4n) is 3.14. The Balaban J connectivity index is 2.03. The molecule has 0 atom stereocenters. The van der Waals surface area contributed by atoms with E-state index in [1.165, 1.54) is 12.3 Å². The lowest BCUT2D eigenvalue weighted by Gasteiger charge is -2.29. The summed E-state index contributed by atoms with van der Waals surface area (Å²) in [6.45, 7) is 2.53. The van der Waals surface area contributed by atoms with Gasteiger partial charge in [0.05, 0.1) is 6.26 Å². The molecule has 1 aliphatic carbocycles. The third kappa shape index (κ3) is 4.07. The maximum absolute atomic E-state index is 14.3. The fourth-order valence-corrected chi connectivity index (χ4v) is 3.14. The summed E-state index contributed by atoms with van der Waals surface area (Å²) in [5.41, 5.74) is 0.482. The molecule has 0 aromatic heterocycles. The van der Waals surface area contributed by atoms with Gasteiger partial charge in [0.15, 0.2) is 11.6 Å². The summed E-state index contributed by atoms with van der Waals surface area (Å²) in [6.07, 6.45) is 7.93. The van der Waals surface area contributed by atoms with Gasteiger partial charge in [0.2, 0.25) is 5.82 Å². The molecule has 1 aliphatic rings. The minimum atomic E-state index is -0.892. The second kappa shape index (κ2) is 8.28. The highest BCUT2D eigenvalue weighted by atomic mass is 19.2. The molecule has 0 amide bonds. The van der Waals surface area contributed by atoms with Crippen LogP contribution in [0.3, 0.4) is 0 Å². The van der Waals surface area contributed by atoms with Crippen molar-refractivity contribution in [2.75, 3.05) is 13.7 Å². The summed E-state index contributed by atoms with van der Waals surface area (Å²) in [5, 5.41) is 0. The molecule has 1 fully saturated rings. The van der Waals surface area contributed by atoms with E-state index >= 15 is 0 Å². The van der Waals surface area contributed by atoms with E-state index in [-0.39, 0.29) is 11.7 Å². The predicted molar refractivity (Wildman–Crippen MR) is 83.0 cm³/mol. The Kier molecular flexibility index (Phi) is 6.37. The van der Waals surface area contributed by atoms with Crippen LogP contribution in [0.15, 0.2) is 24.5 Å². The van der Waals surface area contributed by atoms with Gasteiger partial charge in [0.25, 0.3) is 0 Å². The van der Waals surface area contributed by atoms with Crippen LogP contribution in [-0.4, -0.2) is 13.7 Å². The molecule has 1 saturated carbocycles. The van der Waals surface area contributed by atoms with E-state index in [0.717, 1.165) is 38.7 Å². The number of hydrogen-bond acceptors (Lipinski definition) is 2. The number of benzene rings is 1. The summed E-state index contributed by atoms with van der Waals surface area (Å²) in [6, 6.07) is 3.18. The second-order valence-corrected chi connectivity index (χ2v) is 5.87. The van der Waals surface area contributed by atoms with Crippen LogP contribution in [0.4, 0.5) is 8.78 Å². The molecule has 0 bridgehead atoms. The van der Waals surface area contributed by atoms with Crippen LogP contribution in [0.1, 0.15) is 50.5 Å². The van der Waals surface area contributed by atoms with E-state index in [0.29, 0.717) is 11.5 Å². The van der Waals surface area contributed by atoms with E-state index < -0.39 is 11.6 Å². The van der Waals surface area contributed by atoms with Gasteiger partial charge in [-0.2, -0.15) is 4.39 Å². The number of methoxy groups -OCH3 is 1. The summed E-state index contributed by atoms with van der Waals surface area (Å²) in [4.78, 5) is 0. The fraction of sp³-hybridized carbons (Fsp3) is 0.556. The molecular formula is C18H24F2O2. The molecule has 2 nitrogen and oxygen atoms in total. The molecule has 22 heavy (non-hydrogen) atoms. The van der Waals surface area contributed by atoms with Crippen LogP contribution in [0, 0.1) is 17.6 Å². The Morgan fingerprint density at radius 3 is 2.50 bits per heavy atom. The van der Waals surface area contributed by atoms with Crippen molar-refractivity contribution < 1.29 is 18.3 Å². The van der Waals surface area contributed by atoms with Gasteiger partial charge in [-0.25, -0.2) is 4.39 Å². The third-order valence-corrected chi connectivity index (χ3v) is 4.42. The van der Waals surface area contributed by atoms with Crippen LogP contribution in [0.2, 0.25) is 0 Å². The van der Waals surface area contributed by atoms with Crippen molar-refractivity contribution in [1.29, 1.82) is 0 Å². The molecule has 2 rings (SSSR count). The molecule has 1 aromatic rings. The average molecular weight is 310 g/mol. The highest BCUT2D eigenvalue weighted by Crippen LogP contribution is 2.39. The van der Waals surface area contributed by atoms with Gasteiger partial charge in [0.1, 0.15) is 0 Å². The molecule has 0 spiro atoms. The minimum Gasteiger partial charge on any atom is -0.462 e. The molecule has 0 aliphatic heterocycles. The number of halogens is 2. The molecular weight excluding hydrogens is 286 g/mol. The van der Waals surface area contributed by atoms with Crippen LogP contribution >= 0.6 is 0 Å². The molecule has 0 N–H and O–H groups in total. The third-order valence-electron chi connectivity index (χ3n) is 4.42. The zero-order chi connectivity index (χ0) is 15.9. The van der Waals surface area contributed by atoms with Crippen molar-refractivity contribution in [1.82, 2.24) is 0 Å². The first-order chi connectivity index (χ1) is 10.7. The van der Waals surface area contributed by atoms with E-state index in [4.69, 9.17) is 9.47 Å². The smallest absolute Gasteiger partial charge is 0.201 e. The van der Waals surface area contributed by atoms with E-state index in [9.17, 15) is 8.78 Å². The maximum atomic E-state index is 14.3. The van der Waals surface area contributed by atoms with Gasteiger partial charge < -0.3 is 9.47 Å². The van der Waals surface area contributed by atoms with Crippen molar-refractivity contribution in [3.8, 4) is 5.75 Å². The van der Waals surface area contributed by atoms with Crippen molar-refractivity contribution in [3.63, 3.8) is 0 Å². The molecule has 122 valence electrons. The predicted octanol–water partition coefficient (Wildman–Crippen LogP) is 5.19. The Bertz CT molecular complexity index is 506. The highest BCUT2D eigenvalue weighted by Gasteiger charge is 2.26. The SMILES string of the molecule is C/C=C/Oc1ccc(C2CCC(CCOC)CC2)c(F)c1F. The van der Waals surface area contributed by atoms with Crippen LogP contribution in [0.25, 0.3) is 0 Å². The second-order valence-electron chi connectivity index (χ2n) is 5.87. The molecule has 0 heterocycles. The van der Waals surface area contributed by atoms with Crippen LogP contribution < -0.4 is 4.74 Å². The lowest BCUT2D eigenvalue weighted by Crippen LogP contribution is -2.16. The van der Waals surface area contributed by atoms with Crippen LogP contribution in [0.5, 0.6) is 5.75 Å². The standard InChI is InChI=1S/C18H24F2O2/c1-3-11-22-16-9-8-15(17(19)18(16)20)14-6-4-13(5-7-14)10-12-21-2/h3,8-9,11,13-14H,4-7,10,12H2,1-2H3/b11-3+. The molecule has 0 radical (unpaired) electrons. The monoisotopic (exact) mass is 310 g/mol. The number of rotatable bonds is 6. The first-order valence-electron chi connectivity index (χ1n) is 7.92. The lowest BCUT2D eigenvalue weighted by molar-refractivity contribution is 0.162. The van der Waals surface area contributed by atoms with Gasteiger partial charge in [-0.1, -0.05) is 12.1 Å². The van der Waals surface area contributed by atoms with Gasteiger partial charge in [-0.05, 0) is 62.5 Å². The van der Waals surface area contributed by atoms with Gasteiger partial charge >= 0.3 is 0 Å². The zero-order valence-electron chi connectivity index (χ0n) is 13.3. The Labute approximate surface area is 131 Å². The average Bonchev–Trinajstić information content (AvgIpc) is 2.55. The molecule has 0 saturated heterocycles. The molecule has 4 heteroatoms. The van der Waals surface area contributed by atoms with Gasteiger partial charge in [-0.3, -0.25) is 0 Å². The minimum absolute atomic E-state index is 0.0619. The quantitative estimate of drug-likeness (QED) is 0.673. The summed E-state index contributed by atoms with van der Waals surface area (Å²) < 4.78 is 38.5. The van der Waals surface area contributed by atoms with E-state index in [2.05, 4.69) is 0 Å². The lowest BCUT2D eigenvalue weighted by atomic mass is 9.77. The summed E-state index contributed by atoms with van der Waals surface area (Å²) in [5.74, 6) is -0.974. The van der Waals surface area contributed by atoms with Gasteiger partial charge in [0, 0.05) is 13.7 Å². The first kappa shape index (κ1) is 16.9. The molecule has 0 unspecified atom stereocenters. The first-order valence-corrected chi connectivity index (χ1v) is 7.92. The largest absolute Gasteiger partial charge is 0.462 e.